The molecule has 4 heteroatoms. The number of likely N-dealkylation sites (tertiary alicyclic amines) is 1. The molecule has 2 saturated heterocycles. The van der Waals surface area contributed by atoms with Crippen LogP contribution in [0.1, 0.15) is 19.8 Å². The van der Waals surface area contributed by atoms with Crippen LogP contribution in [0.25, 0.3) is 0 Å². The Morgan fingerprint density at radius 1 is 1.53 bits per heavy atom. The molecule has 0 aromatic carbocycles. The van der Waals surface area contributed by atoms with Crippen LogP contribution >= 0.6 is 0 Å². The number of hydrogen-bond donors (Lipinski definition) is 1. The van der Waals surface area contributed by atoms with Crippen molar-refractivity contribution in [3.05, 3.63) is 0 Å². The van der Waals surface area contributed by atoms with Crippen molar-refractivity contribution in [3.63, 3.8) is 0 Å². The maximum Gasteiger partial charge on any atom is 0.0721 e. The normalized spacial score (nSPS) is 39.4. The number of nitrogens with zero attached hydrogens (tertiary/aromatic N) is 2. The lowest BCUT2D eigenvalue weighted by atomic mass is 9.98. The van der Waals surface area contributed by atoms with Gasteiger partial charge in [-0.1, -0.05) is 0 Å². The van der Waals surface area contributed by atoms with Crippen molar-refractivity contribution in [2.75, 3.05) is 47.4 Å². The molecule has 2 heterocycles. The van der Waals surface area contributed by atoms with E-state index in [9.17, 15) is 0 Å². The summed E-state index contributed by atoms with van der Waals surface area (Å²) in [6, 6.07) is 0.713. The quantitative estimate of drug-likeness (QED) is 0.770. The lowest BCUT2D eigenvalue weighted by Gasteiger charge is -2.27. The molecule has 2 fully saturated rings. The topological polar surface area (TPSA) is 27.7 Å². The number of ether oxygens (including phenoxy) is 1. The van der Waals surface area contributed by atoms with Gasteiger partial charge in [-0.05, 0) is 47.5 Å². The van der Waals surface area contributed by atoms with Gasteiger partial charge in [-0.25, -0.2) is 0 Å². The highest BCUT2D eigenvalue weighted by Gasteiger charge is 2.36. The minimum Gasteiger partial charge on any atom is -0.375 e. The Kier molecular flexibility index (Phi) is 4.08. The Labute approximate surface area is 105 Å². The molecule has 17 heavy (non-hydrogen) atoms. The molecule has 0 aromatic heterocycles. The highest BCUT2D eigenvalue weighted by atomic mass is 16.5. The molecule has 2 aliphatic rings. The van der Waals surface area contributed by atoms with Crippen molar-refractivity contribution < 1.29 is 4.74 Å². The second-order valence-electron chi connectivity index (χ2n) is 6.09. The Bertz CT molecular complexity index is 261. The van der Waals surface area contributed by atoms with Crippen molar-refractivity contribution in [2.45, 2.75) is 37.5 Å². The number of nitrogens with one attached hydrogen (secondary N) is 1. The molecular formula is C13H27N3O. The maximum atomic E-state index is 5.90. The molecule has 2 aliphatic heterocycles. The van der Waals surface area contributed by atoms with E-state index in [0.717, 1.165) is 19.6 Å². The summed E-state index contributed by atoms with van der Waals surface area (Å²) in [5, 5.41) is 3.37. The fourth-order valence-corrected chi connectivity index (χ4v) is 2.96. The van der Waals surface area contributed by atoms with Gasteiger partial charge in [0.15, 0.2) is 0 Å². The summed E-state index contributed by atoms with van der Waals surface area (Å²) in [6.45, 7) is 6.58. The van der Waals surface area contributed by atoms with Crippen LogP contribution in [0.5, 0.6) is 0 Å². The molecule has 0 bridgehead atoms. The van der Waals surface area contributed by atoms with Crippen LogP contribution in [0.3, 0.4) is 0 Å². The highest BCUT2D eigenvalue weighted by Crippen LogP contribution is 2.24. The van der Waals surface area contributed by atoms with Crippen LogP contribution in [0.2, 0.25) is 0 Å². The molecule has 4 nitrogen and oxygen atoms in total. The molecule has 100 valence electrons. The van der Waals surface area contributed by atoms with E-state index in [4.69, 9.17) is 4.74 Å². The molecule has 1 N–H and O–H groups in total. The van der Waals surface area contributed by atoms with Crippen LogP contribution in [0, 0.1) is 0 Å². The van der Waals surface area contributed by atoms with Crippen molar-refractivity contribution in [1.82, 2.24) is 15.1 Å². The van der Waals surface area contributed by atoms with Gasteiger partial charge in [0, 0.05) is 24.7 Å². The number of hydrogen-bond acceptors (Lipinski definition) is 4. The van der Waals surface area contributed by atoms with E-state index >= 15 is 0 Å². The maximum absolute atomic E-state index is 5.90. The first kappa shape index (κ1) is 13.3. The van der Waals surface area contributed by atoms with Crippen LogP contribution in [-0.4, -0.2) is 74.9 Å². The number of likely N-dealkylation sites (N-methyl/N-ethyl adjacent to an activating group) is 3. The zero-order valence-electron chi connectivity index (χ0n) is 11.7. The van der Waals surface area contributed by atoms with Gasteiger partial charge in [0.2, 0.25) is 0 Å². The van der Waals surface area contributed by atoms with E-state index in [1.165, 1.54) is 19.5 Å². The third-order valence-electron chi connectivity index (χ3n) is 4.40. The van der Waals surface area contributed by atoms with Crippen molar-refractivity contribution in [2.24, 2.45) is 0 Å². The largest absolute Gasteiger partial charge is 0.375 e. The average molecular weight is 241 g/mol. The zero-order chi connectivity index (χ0) is 12.5. The third-order valence-corrected chi connectivity index (χ3v) is 4.40. The summed E-state index contributed by atoms with van der Waals surface area (Å²) < 4.78 is 5.90. The zero-order valence-corrected chi connectivity index (χ0v) is 11.7. The third kappa shape index (κ3) is 3.19. The fraction of sp³-hybridized carbons (Fsp3) is 1.00. The molecule has 0 radical (unpaired) electrons. The molecular weight excluding hydrogens is 214 g/mol. The van der Waals surface area contributed by atoms with Gasteiger partial charge in [-0.15, -0.1) is 0 Å². The first-order valence-corrected chi connectivity index (χ1v) is 6.72. The van der Waals surface area contributed by atoms with Gasteiger partial charge >= 0.3 is 0 Å². The Morgan fingerprint density at radius 3 is 2.82 bits per heavy atom. The second kappa shape index (κ2) is 5.22. The van der Waals surface area contributed by atoms with Gasteiger partial charge in [0.25, 0.3) is 0 Å². The molecule has 2 rings (SSSR count). The fourth-order valence-electron chi connectivity index (χ4n) is 2.96. The Hall–Kier alpha value is -0.160. The summed E-state index contributed by atoms with van der Waals surface area (Å²) in [6.07, 6.45) is 2.81. The van der Waals surface area contributed by atoms with Crippen LogP contribution in [-0.2, 0) is 4.74 Å². The Morgan fingerprint density at radius 2 is 2.29 bits per heavy atom. The van der Waals surface area contributed by atoms with Gasteiger partial charge in [-0.3, -0.25) is 4.90 Å². The summed E-state index contributed by atoms with van der Waals surface area (Å²) >= 11 is 0. The molecule has 2 unspecified atom stereocenters. The van der Waals surface area contributed by atoms with Gasteiger partial charge < -0.3 is 15.0 Å². The van der Waals surface area contributed by atoms with Gasteiger partial charge in [0.1, 0.15) is 0 Å². The van der Waals surface area contributed by atoms with Gasteiger partial charge in [-0.2, -0.15) is 0 Å². The monoisotopic (exact) mass is 241 g/mol. The summed E-state index contributed by atoms with van der Waals surface area (Å²) in [4.78, 5) is 4.89. The van der Waals surface area contributed by atoms with E-state index < -0.39 is 0 Å². The SMILES string of the molecule is CNC1(C)COC(CN(C)[C@@H]2CCN(C)C2)C1. The Balaban J connectivity index is 1.78. The lowest BCUT2D eigenvalue weighted by molar-refractivity contribution is 0.0657. The van der Waals surface area contributed by atoms with Crippen LogP contribution < -0.4 is 5.32 Å². The van der Waals surface area contributed by atoms with Crippen molar-refractivity contribution in [1.29, 1.82) is 0 Å². The summed E-state index contributed by atoms with van der Waals surface area (Å²) in [5.74, 6) is 0. The minimum absolute atomic E-state index is 0.179. The van der Waals surface area contributed by atoms with E-state index in [-0.39, 0.29) is 5.54 Å². The molecule has 0 saturated carbocycles. The summed E-state index contributed by atoms with van der Waals surface area (Å²) in [5.41, 5.74) is 0.179. The van der Waals surface area contributed by atoms with Crippen LogP contribution in [0.15, 0.2) is 0 Å². The molecule has 0 aromatic rings. The molecule has 3 atom stereocenters. The first-order valence-electron chi connectivity index (χ1n) is 6.72. The summed E-state index contributed by atoms with van der Waals surface area (Å²) in [7, 11) is 6.47. The average Bonchev–Trinajstić information content (AvgIpc) is 2.86. The molecule has 0 aliphatic carbocycles. The predicted octanol–water partition coefficient (Wildman–Crippen LogP) is 0.389. The predicted molar refractivity (Wildman–Crippen MR) is 70.4 cm³/mol. The van der Waals surface area contributed by atoms with E-state index in [1.54, 1.807) is 0 Å². The lowest BCUT2D eigenvalue weighted by Crippen LogP contribution is -2.42. The first-order chi connectivity index (χ1) is 8.02. The molecule has 0 spiro atoms. The molecule has 0 amide bonds. The second-order valence-corrected chi connectivity index (χ2v) is 6.09. The van der Waals surface area contributed by atoms with E-state index in [1.807, 2.05) is 7.05 Å². The van der Waals surface area contributed by atoms with E-state index in [2.05, 4.69) is 36.1 Å². The van der Waals surface area contributed by atoms with Crippen molar-refractivity contribution >= 4 is 0 Å². The smallest absolute Gasteiger partial charge is 0.0721 e. The van der Waals surface area contributed by atoms with E-state index in [0.29, 0.717) is 12.1 Å². The standard InChI is InChI=1S/C13H27N3O/c1-13(14-2)7-12(17-10-13)9-16(4)11-5-6-15(3)8-11/h11-12,14H,5-10H2,1-4H3/t11-,12?,13?/m1/s1. The van der Waals surface area contributed by atoms with Gasteiger partial charge in [0.05, 0.1) is 12.7 Å². The number of rotatable bonds is 4. The minimum atomic E-state index is 0.179. The van der Waals surface area contributed by atoms with Crippen LogP contribution in [0.4, 0.5) is 0 Å². The highest BCUT2D eigenvalue weighted by molar-refractivity contribution is 4.92. The van der Waals surface area contributed by atoms with Crippen molar-refractivity contribution in [3.8, 4) is 0 Å².